The molecule has 0 spiro atoms. The Hall–Kier alpha value is -1.96. The van der Waals surface area contributed by atoms with Gasteiger partial charge in [-0.2, -0.15) is 0 Å². The van der Waals surface area contributed by atoms with Gasteiger partial charge < -0.3 is 42.8 Å². The van der Waals surface area contributed by atoms with Gasteiger partial charge in [0.25, 0.3) is 0 Å². The monoisotopic (exact) mass is 757 g/mol. The highest BCUT2D eigenvalue weighted by molar-refractivity contribution is 5.99. The van der Waals surface area contributed by atoms with Crippen molar-refractivity contribution in [2.24, 2.45) is 35.5 Å². The molecule has 0 aromatic heterocycles. The van der Waals surface area contributed by atoms with Gasteiger partial charge >= 0.3 is 5.97 Å². The molecule has 3 heterocycles. The fraction of sp³-hybridized carbons (Fsp3) is 0.814. The van der Waals surface area contributed by atoms with Gasteiger partial charge in [0.05, 0.1) is 30.8 Å². The molecule has 0 bridgehead atoms. The third kappa shape index (κ3) is 8.94. The van der Waals surface area contributed by atoms with Crippen LogP contribution in [0.25, 0.3) is 0 Å². The van der Waals surface area contributed by atoms with Crippen LogP contribution in [0.5, 0.6) is 0 Å². The smallest absolute Gasteiger partial charge is 0.307 e. The molecule has 6 unspecified atom stereocenters. The fourth-order valence-electron chi connectivity index (χ4n) is 10.5. The summed E-state index contributed by atoms with van der Waals surface area (Å²) >= 11 is 0. The van der Waals surface area contributed by atoms with E-state index >= 15 is 0 Å². The van der Waals surface area contributed by atoms with Crippen LogP contribution in [0.15, 0.2) is 36.0 Å². The van der Waals surface area contributed by atoms with E-state index in [2.05, 4.69) is 57.1 Å². The molecule has 54 heavy (non-hydrogen) atoms. The van der Waals surface area contributed by atoms with Crippen molar-refractivity contribution in [1.82, 2.24) is 4.90 Å². The molecule has 11 nitrogen and oxygen atoms in total. The van der Waals surface area contributed by atoms with E-state index in [1.54, 1.807) is 21.3 Å². The van der Waals surface area contributed by atoms with Crippen molar-refractivity contribution >= 4 is 11.8 Å². The average Bonchev–Trinajstić information content (AvgIpc) is 3.72. The van der Waals surface area contributed by atoms with Gasteiger partial charge in [-0.3, -0.25) is 9.59 Å². The standard InChI is InChI=1S/C43H67NO10/c1-10-11-13-28-14-12-15-36(54-38-19-18-35(44(5)6)25(3)50-38)24(2)39(46)34-22-32-30(33(34)23-37(45)52-28)17-16-27-20-29(21-31(27)32)53-43-42(49-9)41(48-8)40(47-7)26(4)51-43/h11,13,16-17,22,24-33,35-36,38,40-43H,10,12,14-15,18-21,23H2,1-9H3/b13-11+/t24-,25-,26+,27?,28+,29-,30?,31?,32?,33?,35+,36+,38?,40+,41-,42-,43+/m1/s1. The third-order valence-electron chi connectivity index (χ3n) is 13.3. The van der Waals surface area contributed by atoms with Gasteiger partial charge in [0.15, 0.2) is 18.4 Å². The summed E-state index contributed by atoms with van der Waals surface area (Å²) in [4.78, 5) is 30.6. The predicted octanol–water partition coefficient (Wildman–Crippen LogP) is 6.04. The molecule has 304 valence electrons. The maximum absolute atomic E-state index is 14.7. The molecule has 11 heteroatoms. The van der Waals surface area contributed by atoms with Crippen molar-refractivity contribution < 1.29 is 47.5 Å². The number of allylic oxidation sites excluding steroid dienone is 5. The van der Waals surface area contributed by atoms with E-state index in [4.69, 9.17) is 37.9 Å². The van der Waals surface area contributed by atoms with Crippen molar-refractivity contribution in [3.8, 4) is 0 Å². The number of rotatable bonds is 10. The van der Waals surface area contributed by atoms with Crippen LogP contribution < -0.4 is 0 Å². The largest absolute Gasteiger partial charge is 0.458 e. The number of carbonyl (C=O) groups excluding carboxylic acids is 2. The quantitative estimate of drug-likeness (QED) is 0.192. The highest BCUT2D eigenvalue weighted by Gasteiger charge is 2.52. The van der Waals surface area contributed by atoms with Gasteiger partial charge in [-0.1, -0.05) is 38.2 Å². The van der Waals surface area contributed by atoms with Crippen LogP contribution in [0.2, 0.25) is 0 Å². The van der Waals surface area contributed by atoms with Gasteiger partial charge in [-0.15, -0.1) is 0 Å². The zero-order valence-electron chi connectivity index (χ0n) is 34.1. The zero-order valence-corrected chi connectivity index (χ0v) is 34.1. The van der Waals surface area contributed by atoms with E-state index in [1.165, 1.54) is 0 Å². The minimum absolute atomic E-state index is 0.0270. The van der Waals surface area contributed by atoms with Crippen molar-refractivity contribution in [2.45, 2.75) is 153 Å². The number of hydrogen-bond donors (Lipinski definition) is 0. The number of esters is 1. The number of ether oxygens (including phenoxy) is 8. The van der Waals surface area contributed by atoms with Crippen molar-refractivity contribution in [2.75, 3.05) is 35.4 Å². The van der Waals surface area contributed by atoms with Crippen LogP contribution >= 0.6 is 0 Å². The van der Waals surface area contributed by atoms with Crippen LogP contribution in [-0.2, 0) is 47.5 Å². The van der Waals surface area contributed by atoms with Gasteiger partial charge in [0.1, 0.15) is 24.4 Å². The first-order chi connectivity index (χ1) is 26.0. The van der Waals surface area contributed by atoms with Crippen molar-refractivity contribution in [1.29, 1.82) is 0 Å². The second-order valence-corrected chi connectivity index (χ2v) is 16.8. The minimum atomic E-state index is -0.600. The van der Waals surface area contributed by atoms with Gasteiger partial charge in [0, 0.05) is 39.2 Å². The molecule has 6 aliphatic rings. The number of ketones is 1. The van der Waals surface area contributed by atoms with E-state index in [0.29, 0.717) is 18.9 Å². The van der Waals surface area contributed by atoms with E-state index in [9.17, 15) is 9.59 Å². The Balaban J connectivity index is 1.22. The summed E-state index contributed by atoms with van der Waals surface area (Å²) in [6.45, 7) is 8.17. The maximum Gasteiger partial charge on any atom is 0.307 e. The number of Topliss-reactive ketones (excluding diaryl/α,β-unsaturated/α-hetero) is 1. The Morgan fingerprint density at radius 2 is 1.61 bits per heavy atom. The lowest BCUT2D eigenvalue weighted by atomic mass is 9.70. The molecule has 6 rings (SSSR count). The molecular weight excluding hydrogens is 690 g/mol. The molecule has 0 aromatic rings. The summed E-state index contributed by atoms with van der Waals surface area (Å²) < 4.78 is 49.7. The Kier molecular flexibility index (Phi) is 14.3. The minimum Gasteiger partial charge on any atom is -0.458 e. The van der Waals surface area contributed by atoms with Gasteiger partial charge in [-0.25, -0.2) is 0 Å². The summed E-state index contributed by atoms with van der Waals surface area (Å²) in [7, 11) is 9.15. The summed E-state index contributed by atoms with van der Waals surface area (Å²) in [6.07, 6.45) is 14.6. The Morgan fingerprint density at radius 3 is 2.30 bits per heavy atom. The number of likely N-dealkylation sites (N-methyl/N-ethyl adjacent to an activating group) is 1. The molecule has 0 N–H and O–H groups in total. The summed E-state index contributed by atoms with van der Waals surface area (Å²) in [5.41, 5.74) is 0.752. The van der Waals surface area contributed by atoms with Crippen LogP contribution in [0, 0.1) is 35.5 Å². The molecule has 3 aliphatic carbocycles. The lowest BCUT2D eigenvalue weighted by Crippen LogP contribution is -2.59. The van der Waals surface area contributed by atoms with Crippen molar-refractivity contribution in [3.63, 3.8) is 0 Å². The molecule has 0 radical (unpaired) electrons. The van der Waals surface area contributed by atoms with Gasteiger partial charge in [-0.05, 0) is 115 Å². The van der Waals surface area contributed by atoms with Crippen LogP contribution in [0.4, 0.5) is 0 Å². The molecule has 0 aromatic carbocycles. The van der Waals surface area contributed by atoms with Gasteiger partial charge in [0.2, 0.25) is 0 Å². The second-order valence-electron chi connectivity index (χ2n) is 16.8. The van der Waals surface area contributed by atoms with E-state index in [0.717, 1.165) is 44.1 Å². The number of hydrogen-bond acceptors (Lipinski definition) is 11. The van der Waals surface area contributed by atoms with E-state index in [-0.39, 0.29) is 103 Å². The maximum atomic E-state index is 14.7. The highest BCUT2D eigenvalue weighted by atomic mass is 16.7. The molecule has 17 atom stereocenters. The predicted molar refractivity (Wildman–Crippen MR) is 203 cm³/mol. The van der Waals surface area contributed by atoms with Crippen LogP contribution in [-0.4, -0.2) is 120 Å². The van der Waals surface area contributed by atoms with Crippen LogP contribution in [0.1, 0.15) is 85.5 Å². The lowest BCUT2D eigenvalue weighted by molar-refractivity contribution is -0.314. The number of methoxy groups -OCH3 is 3. The molecule has 1 saturated carbocycles. The first kappa shape index (κ1) is 41.7. The van der Waals surface area contributed by atoms with E-state index < -0.39 is 12.4 Å². The van der Waals surface area contributed by atoms with Crippen molar-refractivity contribution in [3.05, 3.63) is 36.0 Å². The second kappa shape index (κ2) is 18.5. The highest BCUT2D eigenvalue weighted by Crippen LogP contribution is 2.54. The van der Waals surface area contributed by atoms with E-state index in [1.807, 2.05) is 19.9 Å². The summed E-state index contributed by atoms with van der Waals surface area (Å²) in [6, 6.07) is 0.330. The average molecular weight is 758 g/mol. The SMILES string of the molecule is CC/C=C/[C@H]1CCC[C@H](OC2CC[C@H](N(C)C)[C@@H](C)O2)[C@@H](C)C(=O)C2=CC3C(C=CC4C[C@@H](O[C@@H]5O[C@@H](C)[C@H](OC)[C@@H](OC)[C@H]5OC)CC43)C2CC(=O)O1. The summed E-state index contributed by atoms with van der Waals surface area (Å²) in [5, 5.41) is 0. The molecule has 0 amide bonds. The Labute approximate surface area is 323 Å². The number of carbonyl (C=O) groups is 2. The van der Waals surface area contributed by atoms with Crippen LogP contribution in [0.3, 0.4) is 0 Å². The number of nitrogens with zero attached hydrogens (tertiary/aromatic N) is 1. The zero-order chi connectivity index (χ0) is 38.7. The number of cyclic esters (lactones) is 1. The molecule has 4 fully saturated rings. The lowest BCUT2D eigenvalue weighted by Gasteiger charge is -2.44. The molecule has 3 aliphatic heterocycles. The topological polar surface area (TPSA) is 111 Å². The normalized spacial score (nSPS) is 44.6. The Bertz CT molecular complexity index is 1370. The fourth-order valence-corrected chi connectivity index (χ4v) is 10.5. The first-order valence-electron chi connectivity index (χ1n) is 20.6. The first-order valence-corrected chi connectivity index (χ1v) is 20.6. The molecular formula is C43H67NO10. The summed E-state index contributed by atoms with van der Waals surface area (Å²) in [5.74, 6) is -0.122. The number of fused-ring (bicyclic) bond motifs is 5. The third-order valence-corrected chi connectivity index (χ3v) is 13.3. The molecule has 3 saturated heterocycles. The Morgan fingerprint density at radius 1 is 0.852 bits per heavy atom.